The molecule has 1 amide bonds. The largest absolute Gasteiger partial charge is 0.351 e. The highest BCUT2D eigenvalue weighted by atomic mass is 16.2. The van der Waals surface area contributed by atoms with Gasteiger partial charge in [-0.25, -0.2) is 4.99 Å². The molecule has 4 heteroatoms. The lowest BCUT2D eigenvalue weighted by Gasteiger charge is -2.21. The van der Waals surface area contributed by atoms with Crippen molar-refractivity contribution in [3.63, 3.8) is 0 Å². The summed E-state index contributed by atoms with van der Waals surface area (Å²) in [6, 6.07) is 9.94. The van der Waals surface area contributed by atoms with Gasteiger partial charge in [-0.3, -0.25) is 10.1 Å². The van der Waals surface area contributed by atoms with Gasteiger partial charge in [0.15, 0.2) is 5.96 Å². The Morgan fingerprint density at radius 2 is 1.95 bits per heavy atom. The summed E-state index contributed by atoms with van der Waals surface area (Å²) in [6.45, 7) is 8.26. The Kier molecular flexibility index (Phi) is 4.12. The Morgan fingerprint density at radius 3 is 2.55 bits per heavy atom. The second-order valence-electron chi connectivity index (χ2n) is 6.41. The number of carbonyl (C=O) groups is 1. The standard InChI is InChI=1S/C16H23N3O/c1-11(12-8-6-5-7-9-12)10-13-14(20)18-15(17-13)19-16(2,3)4/h5-9,11,13H,10H2,1-4H3,(H2,17,18,19,20). The molecule has 20 heavy (non-hydrogen) atoms. The van der Waals surface area contributed by atoms with Crippen LogP contribution in [0.1, 0.15) is 45.6 Å². The molecule has 2 unspecified atom stereocenters. The van der Waals surface area contributed by atoms with Gasteiger partial charge < -0.3 is 5.32 Å². The van der Waals surface area contributed by atoms with Crippen LogP contribution in [0.25, 0.3) is 0 Å². The van der Waals surface area contributed by atoms with Gasteiger partial charge in [-0.05, 0) is 38.7 Å². The maximum Gasteiger partial charge on any atom is 0.251 e. The van der Waals surface area contributed by atoms with Crippen LogP contribution in [-0.4, -0.2) is 23.4 Å². The molecular weight excluding hydrogens is 250 g/mol. The molecule has 1 aromatic carbocycles. The lowest BCUT2D eigenvalue weighted by atomic mass is 9.94. The Balaban J connectivity index is 2.01. The van der Waals surface area contributed by atoms with Gasteiger partial charge in [-0.15, -0.1) is 0 Å². The number of aliphatic imine (C=N–C) groups is 1. The van der Waals surface area contributed by atoms with Crippen LogP contribution in [0.3, 0.4) is 0 Å². The summed E-state index contributed by atoms with van der Waals surface area (Å²) in [6.07, 6.45) is 0.727. The van der Waals surface area contributed by atoms with Gasteiger partial charge >= 0.3 is 0 Å². The van der Waals surface area contributed by atoms with Crippen molar-refractivity contribution in [1.82, 2.24) is 10.6 Å². The van der Waals surface area contributed by atoms with Crippen LogP contribution in [0.15, 0.2) is 35.3 Å². The fourth-order valence-corrected chi connectivity index (χ4v) is 2.28. The van der Waals surface area contributed by atoms with E-state index in [1.165, 1.54) is 5.56 Å². The highest BCUT2D eigenvalue weighted by Crippen LogP contribution is 2.23. The van der Waals surface area contributed by atoms with E-state index in [1.54, 1.807) is 0 Å². The fraction of sp³-hybridized carbons (Fsp3) is 0.500. The Hall–Kier alpha value is -1.84. The number of nitrogens with one attached hydrogen (secondary N) is 2. The molecule has 1 aromatic rings. The highest BCUT2D eigenvalue weighted by molar-refractivity contribution is 6.05. The van der Waals surface area contributed by atoms with E-state index in [0.717, 1.165) is 6.42 Å². The van der Waals surface area contributed by atoms with Crippen molar-refractivity contribution in [1.29, 1.82) is 0 Å². The number of nitrogens with zero attached hydrogens (tertiary/aromatic N) is 1. The lowest BCUT2D eigenvalue weighted by Crippen LogP contribution is -2.46. The van der Waals surface area contributed by atoms with Crippen LogP contribution in [0.5, 0.6) is 0 Å². The SMILES string of the molecule is CC(CC1N=C(NC(C)(C)C)NC1=O)c1ccccc1. The molecule has 2 atom stereocenters. The van der Waals surface area contributed by atoms with Crippen LogP contribution in [-0.2, 0) is 4.79 Å². The van der Waals surface area contributed by atoms with Crippen LogP contribution in [0, 0.1) is 0 Å². The van der Waals surface area contributed by atoms with Gasteiger partial charge in [-0.2, -0.15) is 0 Å². The van der Waals surface area contributed by atoms with Crippen LogP contribution >= 0.6 is 0 Å². The van der Waals surface area contributed by atoms with E-state index in [4.69, 9.17) is 0 Å². The van der Waals surface area contributed by atoms with Crippen molar-refractivity contribution in [3.05, 3.63) is 35.9 Å². The molecule has 0 aliphatic carbocycles. The topological polar surface area (TPSA) is 53.5 Å². The van der Waals surface area contributed by atoms with Gasteiger partial charge in [0.25, 0.3) is 5.91 Å². The molecule has 0 spiro atoms. The second-order valence-corrected chi connectivity index (χ2v) is 6.41. The molecular formula is C16H23N3O. The fourth-order valence-electron chi connectivity index (χ4n) is 2.28. The summed E-state index contributed by atoms with van der Waals surface area (Å²) in [5.41, 5.74) is 1.14. The Bertz CT molecular complexity index is 502. The van der Waals surface area contributed by atoms with Crippen molar-refractivity contribution < 1.29 is 4.79 Å². The molecule has 2 N–H and O–H groups in total. The van der Waals surface area contributed by atoms with E-state index in [2.05, 4.69) is 34.7 Å². The Labute approximate surface area is 120 Å². The van der Waals surface area contributed by atoms with E-state index < -0.39 is 0 Å². The summed E-state index contributed by atoms with van der Waals surface area (Å²) < 4.78 is 0. The third-order valence-corrected chi connectivity index (χ3v) is 3.27. The summed E-state index contributed by atoms with van der Waals surface area (Å²) in [4.78, 5) is 16.4. The van der Waals surface area contributed by atoms with Gasteiger partial charge in [0.1, 0.15) is 6.04 Å². The van der Waals surface area contributed by atoms with Gasteiger partial charge in [0.2, 0.25) is 0 Å². The maximum absolute atomic E-state index is 12.0. The van der Waals surface area contributed by atoms with Crippen molar-refractivity contribution in [3.8, 4) is 0 Å². The first-order chi connectivity index (χ1) is 9.35. The zero-order chi connectivity index (χ0) is 14.8. The Morgan fingerprint density at radius 1 is 1.30 bits per heavy atom. The first-order valence-electron chi connectivity index (χ1n) is 7.07. The monoisotopic (exact) mass is 273 g/mol. The number of carbonyl (C=O) groups excluding carboxylic acids is 1. The quantitative estimate of drug-likeness (QED) is 0.888. The molecule has 4 nitrogen and oxygen atoms in total. The molecule has 0 bridgehead atoms. The molecule has 1 aliphatic rings. The van der Waals surface area contributed by atoms with Crippen molar-refractivity contribution in [2.75, 3.05) is 0 Å². The zero-order valence-electron chi connectivity index (χ0n) is 12.6. The average Bonchev–Trinajstić information content (AvgIpc) is 2.68. The molecule has 2 rings (SSSR count). The van der Waals surface area contributed by atoms with E-state index in [9.17, 15) is 4.79 Å². The van der Waals surface area contributed by atoms with E-state index >= 15 is 0 Å². The molecule has 1 aliphatic heterocycles. The van der Waals surface area contributed by atoms with E-state index in [0.29, 0.717) is 11.9 Å². The van der Waals surface area contributed by atoms with Gasteiger partial charge in [0, 0.05) is 5.54 Å². The maximum atomic E-state index is 12.0. The normalized spacial score (nSPS) is 20.3. The molecule has 0 fully saturated rings. The summed E-state index contributed by atoms with van der Waals surface area (Å²) in [7, 11) is 0. The number of benzene rings is 1. The molecule has 0 saturated carbocycles. The number of amides is 1. The van der Waals surface area contributed by atoms with Crippen molar-refractivity contribution >= 4 is 11.9 Å². The molecule has 1 heterocycles. The molecule has 108 valence electrons. The predicted molar refractivity (Wildman–Crippen MR) is 81.7 cm³/mol. The number of rotatable bonds is 3. The third kappa shape index (κ3) is 3.83. The summed E-state index contributed by atoms with van der Waals surface area (Å²) >= 11 is 0. The minimum atomic E-state index is -0.296. The first-order valence-corrected chi connectivity index (χ1v) is 7.07. The summed E-state index contributed by atoms with van der Waals surface area (Å²) in [5, 5.41) is 6.03. The minimum absolute atomic E-state index is 0.0143. The zero-order valence-corrected chi connectivity index (χ0v) is 12.6. The number of hydrogen-bond acceptors (Lipinski definition) is 3. The number of guanidine groups is 1. The summed E-state index contributed by atoms with van der Waals surface area (Å²) in [5.74, 6) is 0.886. The number of hydrogen-bond donors (Lipinski definition) is 2. The molecule has 0 saturated heterocycles. The lowest BCUT2D eigenvalue weighted by molar-refractivity contribution is -0.120. The van der Waals surface area contributed by atoms with Crippen LogP contribution in [0.2, 0.25) is 0 Å². The first kappa shape index (κ1) is 14.6. The average molecular weight is 273 g/mol. The van der Waals surface area contributed by atoms with Gasteiger partial charge in [-0.1, -0.05) is 37.3 Å². The van der Waals surface area contributed by atoms with Gasteiger partial charge in [0.05, 0.1) is 0 Å². The second kappa shape index (κ2) is 5.65. The van der Waals surface area contributed by atoms with Crippen molar-refractivity contribution in [2.24, 2.45) is 4.99 Å². The third-order valence-electron chi connectivity index (χ3n) is 3.27. The molecule has 0 aromatic heterocycles. The van der Waals surface area contributed by atoms with E-state index in [1.807, 2.05) is 39.0 Å². The predicted octanol–water partition coefficient (Wildman–Crippen LogP) is 2.42. The highest BCUT2D eigenvalue weighted by Gasteiger charge is 2.29. The molecule has 0 radical (unpaired) electrons. The smallest absolute Gasteiger partial charge is 0.251 e. The van der Waals surface area contributed by atoms with Crippen LogP contribution in [0.4, 0.5) is 0 Å². The minimum Gasteiger partial charge on any atom is -0.351 e. The van der Waals surface area contributed by atoms with Crippen molar-refractivity contribution in [2.45, 2.75) is 51.6 Å². The van der Waals surface area contributed by atoms with Crippen LogP contribution < -0.4 is 10.6 Å². The van der Waals surface area contributed by atoms with E-state index in [-0.39, 0.29) is 17.5 Å².